The van der Waals surface area contributed by atoms with E-state index in [0.717, 1.165) is 41.0 Å². The van der Waals surface area contributed by atoms with Gasteiger partial charge in [0.25, 0.3) is 0 Å². The highest BCUT2D eigenvalue weighted by molar-refractivity contribution is 5.80. The number of carbonyl (C=O) groups is 2. The molecule has 1 aliphatic carbocycles. The first-order chi connectivity index (χ1) is 19.1. The highest BCUT2D eigenvalue weighted by atomic mass is 16.5. The Labute approximate surface area is 228 Å². The number of amides is 2. The summed E-state index contributed by atoms with van der Waals surface area (Å²) in [7, 11) is 0. The Morgan fingerprint density at radius 1 is 0.974 bits per heavy atom. The topological polar surface area (TPSA) is 84.0 Å². The predicted molar refractivity (Wildman–Crippen MR) is 146 cm³/mol. The molecule has 1 aromatic heterocycles. The second-order valence-corrected chi connectivity index (χ2v) is 10.7. The molecule has 2 fully saturated rings. The number of hydrogen-bond donors (Lipinski definition) is 1. The molecule has 2 atom stereocenters. The van der Waals surface area contributed by atoms with E-state index in [9.17, 15) is 9.59 Å². The van der Waals surface area contributed by atoms with E-state index in [1.54, 1.807) is 12.4 Å². The summed E-state index contributed by atoms with van der Waals surface area (Å²) in [4.78, 5) is 34.6. The van der Waals surface area contributed by atoms with E-state index in [2.05, 4.69) is 21.3 Å². The summed E-state index contributed by atoms with van der Waals surface area (Å²) < 4.78 is 12.5. The molecule has 202 valence electrons. The smallest absolute Gasteiger partial charge is 0.234 e. The minimum Gasteiger partial charge on any atom is -0.457 e. The number of nitrogens with one attached hydrogen (secondary N) is 1. The average Bonchev–Trinajstić information content (AvgIpc) is 3.72. The van der Waals surface area contributed by atoms with Gasteiger partial charge in [0.2, 0.25) is 11.8 Å². The van der Waals surface area contributed by atoms with Crippen molar-refractivity contribution >= 4 is 11.8 Å². The summed E-state index contributed by atoms with van der Waals surface area (Å²) in [6.45, 7) is 2.24. The number of benzene rings is 2. The van der Waals surface area contributed by atoms with Crippen molar-refractivity contribution in [1.82, 2.24) is 20.1 Å². The molecule has 6 rings (SSSR count). The highest BCUT2D eigenvalue weighted by Crippen LogP contribution is 2.30. The van der Waals surface area contributed by atoms with Gasteiger partial charge in [-0.25, -0.2) is 0 Å². The van der Waals surface area contributed by atoms with E-state index in [4.69, 9.17) is 9.47 Å². The molecule has 2 aromatic carbocycles. The van der Waals surface area contributed by atoms with E-state index < -0.39 is 0 Å². The fourth-order valence-corrected chi connectivity index (χ4v) is 5.41. The van der Waals surface area contributed by atoms with Crippen LogP contribution in [0.4, 0.5) is 0 Å². The van der Waals surface area contributed by atoms with Gasteiger partial charge in [-0.3, -0.25) is 19.5 Å². The Kier molecular flexibility index (Phi) is 7.56. The number of fused-ring (bicyclic) bond motifs is 5. The van der Waals surface area contributed by atoms with Crippen LogP contribution in [0.1, 0.15) is 36.0 Å². The molecule has 2 amide bonds. The van der Waals surface area contributed by atoms with Gasteiger partial charge in [-0.2, -0.15) is 0 Å². The maximum atomic E-state index is 13.3. The summed E-state index contributed by atoms with van der Waals surface area (Å²) in [5.74, 6) is 1.55. The van der Waals surface area contributed by atoms with Gasteiger partial charge in [0.05, 0.1) is 25.3 Å². The third-order valence-electron chi connectivity index (χ3n) is 7.61. The second kappa shape index (κ2) is 11.6. The molecule has 0 radical (unpaired) electrons. The number of ether oxygens (including phenoxy) is 2. The van der Waals surface area contributed by atoms with Crippen LogP contribution in [0.2, 0.25) is 0 Å². The van der Waals surface area contributed by atoms with E-state index in [1.165, 1.54) is 0 Å². The molecule has 39 heavy (non-hydrogen) atoms. The van der Waals surface area contributed by atoms with Gasteiger partial charge < -0.3 is 19.7 Å². The highest BCUT2D eigenvalue weighted by Gasteiger charge is 2.38. The van der Waals surface area contributed by atoms with E-state index in [-0.39, 0.29) is 24.0 Å². The largest absolute Gasteiger partial charge is 0.457 e. The van der Waals surface area contributed by atoms with E-state index >= 15 is 0 Å². The van der Waals surface area contributed by atoms with Crippen LogP contribution in [-0.4, -0.2) is 64.4 Å². The van der Waals surface area contributed by atoms with Gasteiger partial charge in [0.1, 0.15) is 11.5 Å². The van der Waals surface area contributed by atoms with Crippen LogP contribution in [0, 0.1) is 0 Å². The molecule has 0 spiro atoms. The zero-order chi connectivity index (χ0) is 26.6. The molecule has 3 aliphatic rings. The van der Waals surface area contributed by atoms with Crippen LogP contribution < -0.4 is 10.1 Å². The number of carbonyl (C=O) groups excluding carboxylic acids is 2. The first-order valence-electron chi connectivity index (χ1n) is 13.8. The Morgan fingerprint density at radius 3 is 2.54 bits per heavy atom. The fraction of sp³-hybridized carbons (Fsp3) is 0.387. The summed E-state index contributed by atoms with van der Waals surface area (Å²) in [5, 5.41) is 3.21. The minimum atomic E-state index is -0.295. The fourth-order valence-electron chi connectivity index (χ4n) is 5.41. The first kappa shape index (κ1) is 25.5. The van der Waals surface area contributed by atoms with Crippen LogP contribution >= 0.6 is 0 Å². The van der Waals surface area contributed by atoms with Gasteiger partial charge in [0.15, 0.2) is 0 Å². The Bertz CT molecular complexity index is 1310. The molecule has 1 saturated carbocycles. The molecule has 8 heteroatoms. The molecule has 1 N–H and O–H groups in total. The van der Waals surface area contributed by atoms with Crippen molar-refractivity contribution < 1.29 is 19.1 Å². The van der Waals surface area contributed by atoms with Crippen LogP contribution in [0.3, 0.4) is 0 Å². The summed E-state index contributed by atoms with van der Waals surface area (Å²) in [6, 6.07) is 20.0. The summed E-state index contributed by atoms with van der Waals surface area (Å²) in [6.07, 6.45) is 6.46. The van der Waals surface area contributed by atoms with Crippen molar-refractivity contribution in [2.45, 2.75) is 57.0 Å². The van der Waals surface area contributed by atoms with Crippen LogP contribution in [0.15, 0.2) is 73.1 Å². The van der Waals surface area contributed by atoms with Gasteiger partial charge in [0, 0.05) is 44.5 Å². The normalized spacial score (nSPS) is 22.1. The number of hydrogen-bond acceptors (Lipinski definition) is 6. The summed E-state index contributed by atoms with van der Waals surface area (Å²) in [5.41, 5.74) is 3.12. The Balaban J connectivity index is 1.20. The van der Waals surface area contributed by atoms with Crippen molar-refractivity contribution in [2.75, 3.05) is 19.6 Å². The number of likely N-dealkylation sites (tertiary alicyclic amines) is 1. The lowest BCUT2D eigenvalue weighted by atomic mass is 10.1. The molecular formula is C31H34N4O4. The van der Waals surface area contributed by atoms with E-state index in [1.807, 2.05) is 59.5 Å². The third-order valence-corrected chi connectivity index (χ3v) is 7.61. The average molecular weight is 527 g/mol. The standard InChI is InChI=1S/C31H34N4O4/c36-30-20-34(25-10-11-25)17-23-4-1-7-26(14-23)39-27-8-2-5-24(15-27)21-38-29-19-35(18-28(29)33-30)31(37)12-9-22-6-3-13-32-16-22/h1-8,13-16,25,28-29H,9-12,17-21H2,(H,33,36)/t28-,29-/m0/s1. The zero-order valence-electron chi connectivity index (χ0n) is 22.0. The molecule has 8 nitrogen and oxygen atoms in total. The van der Waals surface area contributed by atoms with Crippen molar-refractivity contribution in [2.24, 2.45) is 0 Å². The molecule has 0 unspecified atom stereocenters. The van der Waals surface area contributed by atoms with Crippen molar-refractivity contribution in [3.05, 3.63) is 89.7 Å². The van der Waals surface area contributed by atoms with Crippen LogP contribution in [-0.2, 0) is 33.9 Å². The minimum absolute atomic E-state index is 0.0355. The molecule has 2 aliphatic heterocycles. The lowest BCUT2D eigenvalue weighted by molar-refractivity contribution is -0.131. The lowest BCUT2D eigenvalue weighted by Crippen LogP contribution is -2.48. The van der Waals surface area contributed by atoms with Gasteiger partial charge in [-0.1, -0.05) is 30.3 Å². The van der Waals surface area contributed by atoms with Gasteiger partial charge in [-0.15, -0.1) is 0 Å². The number of pyridine rings is 1. The first-order valence-corrected chi connectivity index (χ1v) is 13.8. The van der Waals surface area contributed by atoms with Crippen molar-refractivity contribution in [3.8, 4) is 11.5 Å². The molecule has 1 saturated heterocycles. The molecule has 4 bridgehead atoms. The van der Waals surface area contributed by atoms with Gasteiger partial charge in [-0.05, 0) is 66.3 Å². The zero-order valence-corrected chi connectivity index (χ0v) is 22.0. The number of aromatic nitrogens is 1. The lowest BCUT2D eigenvalue weighted by Gasteiger charge is -2.25. The quantitative estimate of drug-likeness (QED) is 0.558. The van der Waals surface area contributed by atoms with Crippen LogP contribution in [0.25, 0.3) is 0 Å². The van der Waals surface area contributed by atoms with Crippen molar-refractivity contribution in [3.63, 3.8) is 0 Å². The maximum absolute atomic E-state index is 13.3. The van der Waals surface area contributed by atoms with Crippen molar-refractivity contribution in [1.29, 1.82) is 0 Å². The third kappa shape index (κ3) is 6.64. The monoisotopic (exact) mass is 526 g/mol. The Morgan fingerprint density at radius 2 is 1.77 bits per heavy atom. The molecular weight excluding hydrogens is 492 g/mol. The number of nitrogens with zero attached hydrogens (tertiary/aromatic N) is 3. The molecule has 3 aromatic rings. The SMILES string of the molecule is O=C1CN(C2CC2)Cc2cccc(c2)Oc2cccc(c2)CO[C@H]2CN(C(=O)CCc3cccnc3)C[C@@H]2N1. The number of aryl methyl sites for hydroxylation is 1. The van der Waals surface area contributed by atoms with Gasteiger partial charge >= 0.3 is 0 Å². The predicted octanol–water partition coefficient (Wildman–Crippen LogP) is 3.70. The molecule has 3 heterocycles. The second-order valence-electron chi connectivity index (χ2n) is 10.7. The van der Waals surface area contributed by atoms with E-state index in [0.29, 0.717) is 51.7 Å². The number of rotatable bonds is 4. The maximum Gasteiger partial charge on any atom is 0.234 e. The Hall–Kier alpha value is -3.75. The van der Waals surface area contributed by atoms with Crippen LogP contribution in [0.5, 0.6) is 11.5 Å². The summed E-state index contributed by atoms with van der Waals surface area (Å²) >= 11 is 0.